The summed E-state index contributed by atoms with van der Waals surface area (Å²) in [6.45, 7) is 0.583. The summed E-state index contributed by atoms with van der Waals surface area (Å²) in [5.74, 6) is 0.875. The Morgan fingerprint density at radius 1 is 1.05 bits per heavy atom. The molecule has 2 N–H and O–H groups in total. The van der Waals surface area contributed by atoms with Crippen LogP contribution in [-0.4, -0.2) is 5.54 Å². The van der Waals surface area contributed by atoms with Gasteiger partial charge in [-0.25, -0.2) is 0 Å². The highest BCUT2D eigenvalue weighted by Gasteiger charge is 2.37. The third kappa shape index (κ3) is 3.41. The van der Waals surface area contributed by atoms with Gasteiger partial charge in [0.05, 0.1) is 4.47 Å². The molecule has 3 rings (SSSR count). The van der Waals surface area contributed by atoms with E-state index >= 15 is 0 Å². The Balaban J connectivity index is 1.65. The van der Waals surface area contributed by atoms with Gasteiger partial charge in [0, 0.05) is 5.54 Å². The lowest BCUT2D eigenvalue weighted by Gasteiger charge is -2.12. The molecule has 0 atom stereocenters. The Morgan fingerprint density at radius 2 is 1.80 bits per heavy atom. The minimum absolute atomic E-state index is 0.0475. The number of halogens is 1. The summed E-state index contributed by atoms with van der Waals surface area (Å²) in [4.78, 5) is 0. The zero-order valence-corrected chi connectivity index (χ0v) is 12.9. The highest BCUT2D eigenvalue weighted by atomic mass is 79.9. The van der Waals surface area contributed by atoms with Gasteiger partial charge < -0.3 is 10.5 Å². The van der Waals surface area contributed by atoms with Crippen LogP contribution in [0.15, 0.2) is 53.0 Å². The first kappa shape index (κ1) is 13.7. The predicted octanol–water partition coefficient (Wildman–Crippen LogP) is 4.06. The number of hydrogen-bond acceptors (Lipinski definition) is 2. The zero-order valence-electron chi connectivity index (χ0n) is 11.3. The van der Waals surface area contributed by atoms with Gasteiger partial charge in [0.1, 0.15) is 12.4 Å². The van der Waals surface area contributed by atoms with E-state index < -0.39 is 0 Å². The maximum absolute atomic E-state index is 6.15. The second kappa shape index (κ2) is 5.58. The van der Waals surface area contributed by atoms with Gasteiger partial charge >= 0.3 is 0 Å². The van der Waals surface area contributed by atoms with Crippen molar-refractivity contribution >= 4 is 15.9 Å². The summed E-state index contributed by atoms with van der Waals surface area (Å²) >= 11 is 3.58. The lowest BCUT2D eigenvalue weighted by molar-refractivity contribution is 0.304. The fourth-order valence-electron chi connectivity index (χ4n) is 2.25. The predicted molar refractivity (Wildman–Crippen MR) is 84.8 cm³/mol. The van der Waals surface area contributed by atoms with E-state index in [1.165, 1.54) is 11.1 Å². The van der Waals surface area contributed by atoms with Crippen LogP contribution >= 0.6 is 15.9 Å². The third-order valence-corrected chi connectivity index (χ3v) is 4.30. The van der Waals surface area contributed by atoms with E-state index in [0.717, 1.165) is 29.5 Å². The molecule has 1 aliphatic rings. The summed E-state index contributed by atoms with van der Waals surface area (Å²) < 4.78 is 6.84. The van der Waals surface area contributed by atoms with Crippen molar-refractivity contribution in [2.24, 2.45) is 5.73 Å². The van der Waals surface area contributed by atoms with Crippen LogP contribution in [0.3, 0.4) is 0 Å². The quantitative estimate of drug-likeness (QED) is 0.896. The van der Waals surface area contributed by atoms with Crippen LogP contribution in [0.1, 0.15) is 24.0 Å². The number of benzene rings is 2. The first-order valence-electron chi connectivity index (χ1n) is 6.89. The maximum atomic E-state index is 6.15. The topological polar surface area (TPSA) is 35.2 Å². The molecular weight excluding hydrogens is 314 g/mol. The normalized spacial score (nSPS) is 15.9. The fraction of sp³-hybridized carbons (Fsp3) is 0.294. The smallest absolute Gasteiger partial charge is 0.134 e. The van der Waals surface area contributed by atoms with Crippen LogP contribution in [-0.2, 0) is 13.0 Å². The molecule has 2 aromatic rings. The second-order valence-electron chi connectivity index (χ2n) is 5.58. The van der Waals surface area contributed by atoms with Crippen molar-refractivity contribution in [2.45, 2.75) is 31.4 Å². The molecule has 0 spiro atoms. The van der Waals surface area contributed by atoms with Gasteiger partial charge in [-0.2, -0.15) is 0 Å². The van der Waals surface area contributed by atoms with Crippen molar-refractivity contribution in [1.29, 1.82) is 0 Å². The van der Waals surface area contributed by atoms with E-state index in [1.807, 2.05) is 24.3 Å². The van der Waals surface area contributed by atoms with Gasteiger partial charge in [-0.15, -0.1) is 0 Å². The van der Waals surface area contributed by atoms with Gasteiger partial charge in [-0.05, 0) is 58.5 Å². The molecule has 2 aromatic carbocycles. The minimum atomic E-state index is 0.0475. The Labute approximate surface area is 128 Å². The van der Waals surface area contributed by atoms with E-state index in [0.29, 0.717) is 6.61 Å². The number of nitrogens with two attached hydrogens (primary N) is 1. The standard InChI is InChI=1S/C17H18BrNO/c18-15-10-14(11-17(19)8-9-17)6-7-16(15)20-12-13-4-2-1-3-5-13/h1-7,10H,8-9,11-12,19H2. The molecule has 0 radical (unpaired) electrons. The average Bonchev–Trinajstić information content (AvgIpc) is 3.16. The summed E-state index contributed by atoms with van der Waals surface area (Å²) in [6, 6.07) is 16.4. The third-order valence-electron chi connectivity index (χ3n) is 3.68. The van der Waals surface area contributed by atoms with Gasteiger partial charge in [0.25, 0.3) is 0 Å². The SMILES string of the molecule is NC1(Cc2ccc(OCc3ccccc3)c(Br)c2)CC1. The Hall–Kier alpha value is -1.32. The number of rotatable bonds is 5. The fourth-order valence-corrected chi connectivity index (χ4v) is 2.79. The van der Waals surface area contributed by atoms with Crippen molar-refractivity contribution in [2.75, 3.05) is 0 Å². The molecule has 2 nitrogen and oxygen atoms in total. The molecule has 0 bridgehead atoms. The Bertz CT molecular complexity index is 593. The van der Waals surface area contributed by atoms with E-state index in [4.69, 9.17) is 10.5 Å². The molecule has 0 heterocycles. The summed E-state index contributed by atoms with van der Waals surface area (Å²) in [5, 5.41) is 0. The summed E-state index contributed by atoms with van der Waals surface area (Å²) in [5.41, 5.74) is 8.64. The van der Waals surface area contributed by atoms with Crippen LogP contribution in [0.2, 0.25) is 0 Å². The number of hydrogen-bond donors (Lipinski definition) is 1. The lowest BCUT2D eigenvalue weighted by Crippen LogP contribution is -2.24. The van der Waals surface area contributed by atoms with Crippen LogP contribution in [0.4, 0.5) is 0 Å². The van der Waals surface area contributed by atoms with Crippen molar-refractivity contribution in [1.82, 2.24) is 0 Å². The largest absolute Gasteiger partial charge is 0.488 e. The molecule has 1 fully saturated rings. The number of ether oxygens (including phenoxy) is 1. The van der Waals surface area contributed by atoms with Crippen molar-refractivity contribution in [3.63, 3.8) is 0 Å². The first-order chi connectivity index (χ1) is 9.65. The highest BCUT2D eigenvalue weighted by molar-refractivity contribution is 9.10. The molecule has 1 aliphatic carbocycles. The first-order valence-corrected chi connectivity index (χ1v) is 7.68. The van der Waals surface area contributed by atoms with Crippen LogP contribution in [0.5, 0.6) is 5.75 Å². The summed E-state index contributed by atoms with van der Waals surface area (Å²) in [6.07, 6.45) is 3.22. The molecule has 0 aliphatic heterocycles. The monoisotopic (exact) mass is 331 g/mol. The van der Waals surface area contributed by atoms with E-state index in [1.54, 1.807) is 0 Å². The van der Waals surface area contributed by atoms with Crippen LogP contribution in [0, 0.1) is 0 Å². The van der Waals surface area contributed by atoms with E-state index in [2.05, 4.69) is 40.2 Å². The van der Waals surface area contributed by atoms with Gasteiger partial charge in [0.2, 0.25) is 0 Å². The van der Waals surface area contributed by atoms with Gasteiger partial charge in [0.15, 0.2) is 0 Å². The molecule has 0 unspecified atom stereocenters. The molecule has 3 heteroatoms. The summed E-state index contributed by atoms with van der Waals surface area (Å²) in [7, 11) is 0. The minimum Gasteiger partial charge on any atom is -0.488 e. The molecule has 20 heavy (non-hydrogen) atoms. The highest BCUT2D eigenvalue weighted by Crippen LogP contribution is 2.37. The molecule has 1 saturated carbocycles. The molecular formula is C17H18BrNO. The van der Waals surface area contributed by atoms with E-state index in [9.17, 15) is 0 Å². The lowest BCUT2D eigenvalue weighted by atomic mass is 10.1. The van der Waals surface area contributed by atoms with Gasteiger partial charge in [-0.3, -0.25) is 0 Å². The van der Waals surface area contributed by atoms with Crippen LogP contribution < -0.4 is 10.5 Å². The van der Waals surface area contributed by atoms with Crippen molar-refractivity contribution < 1.29 is 4.74 Å². The molecule has 104 valence electrons. The second-order valence-corrected chi connectivity index (χ2v) is 6.43. The van der Waals surface area contributed by atoms with Crippen molar-refractivity contribution in [3.8, 4) is 5.75 Å². The molecule has 0 aromatic heterocycles. The van der Waals surface area contributed by atoms with Gasteiger partial charge in [-0.1, -0.05) is 36.4 Å². The maximum Gasteiger partial charge on any atom is 0.134 e. The Kier molecular flexibility index (Phi) is 3.81. The van der Waals surface area contributed by atoms with Crippen LogP contribution in [0.25, 0.3) is 0 Å². The van der Waals surface area contributed by atoms with E-state index in [-0.39, 0.29) is 5.54 Å². The average molecular weight is 332 g/mol. The Morgan fingerprint density at radius 3 is 2.45 bits per heavy atom. The molecule has 0 amide bonds. The van der Waals surface area contributed by atoms with Crippen molar-refractivity contribution in [3.05, 3.63) is 64.1 Å². The zero-order chi connectivity index (χ0) is 14.0. The molecule has 0 saturated heterocycles.